The van der Waals surface area contributed by atoms with Gasteiger partial charge in [-0.25, -0.2) is 10.0 Å². The molecule has 4 atom stereocenters. The van der Waals surface area contributed by atoms with Crippen molar-refractivity contribution in [2.75, 3.05) is 13.1 Å². The lowest BCUT2D eigenvalue weighted by molar-refractivity contribution is -0.168. The first-order valence-electron chi connectivity index (χ1n) is 10.1. The van der Waals surface area contributed by atoms with E-state index < -0.39 is 5.91 Å². The van der Waals surface area contributed by atoms with Gasteiger partial charge in [0, 0.05) is 49.9 Å². The van der Waals surface area contributed by atoms with E-state index >= 15 is 0 Å². The smallest absolute Gasteiger partial charge is 0.218 e. The van der Waals surface area contributed by atoms with Crippen molar-refractivity contribution in [2.45, 2.75) is 56.5 Å². The fraction of sp³-hybridized carbons (Fsp3) is 0.619. The lowest BCUT2D eigenvalue weighted by Gasteiger charge is -2.61. The van der Waals surface area contributed by atoms with Gasteiger partial charge in [-0.1, -0.05) is 6.07 Å². The predicted molar refractivity (Wildman–Crippen MR) is 99.6 cm³/mol. The maximum Gasteiger partial charge on any atom is 0.218 e. The van der Waals surface area contributed by atoms with E-state index in [1.807, 2.05) is 12.1 Å². The number of aromatic hydroxyl groups is 1. The van der Waals surface area contributed by atoms with Gasteiger partial charge in [-0.15, -0.1) is 0 Å². The highest BCUT2D eigenvalue weighted by Gasteiger charge is 2.57. The number of hydrazine groups is 1. The molecule has 27 heavy (non-hydrogen) atoms. The molecular weight excluding hydrogens is 342 g/mol. The number of hydrogen-bond acceptors (Lipinski definition) is 5. The van der Waals surface area contributed by atoms with Crippen LogP contribution in [0.2, 0.25) is 0 Å². The summed E-state index contributed by atoms with van der Waals surface area (Å²) in [5, 5.41) is 15.1. The van der Waals surface area contributed by atoms with Crippen molar-refractivity contribution >= 4 is 11.7 Å². The maximum atomic E-state index is 12.9. The number of hydrogen-bond donors (Lipinski definition) is 2. The van der Waals surface area contributed by atoms with Gasteiger partial charge in [-0.2, -0.15) is 0 Å². The van der Waals surface area contributed by atoms with Crippen molar-refractivity contribution in [3.63, 3.8) is 0 Å². The number of ketones is 1. The number of fused-ring (bicyclic) bond motifs is 1. The first kappa shape index (κ1) is 17.2. The van der Waals surface area contributed by atoms with E-state index in [1.54, 1.807) is 6.07 Å². The molecule has 1 saturated heterocycles. The Morgan fingerprint density at radius 2 is 2.15 bits per heavy atom. The molecule has 6 nitrogen and oxygen atoms in total. The number of carbonyl (C=O) groups excluding carboxylic acids is 2. The van der Waals surface area contributed by atoms with Crippen molar-refractivity contribution < 1.29 is 14.7 Å². The van der Waals surface area contributed by atoms with Crippen LogP contribution in [0.3, 0.4) is 0 Å². The molecule has 4 aliphatic rings. The van der Waals surface area contributed by atoms with Crippen LogP contribution in [-0.4, -0.2) is 45.9 Å². The van der Waals surface area contributed by atoms with Crippen molar-refractivity contribution in [3.05, 3.63) is 29.3 Å². The zero-order chi connectivity index (χ0) is 18.8. The number of carbonyl (C=O) groups is 2. The molecule has 0 spiro atoms. The number of benzene rings is 1. The Balaban J connectivity index is 1.56. The summed E-state index contributed by atoms with van der Waals surface area (Å²) < 4.78 is 0. The molecule has 3 fully saturated rings. The van der Waals surface area contributed by atoms with Gasteiger partial charge in [0.1, 0.15) is 11.5 Å². The van der Waals surface area contributed by atoms with E-state index in [9.17, 15) is 14.7 Å². The van der Waals surface area contributed by atoms with Gasteiger partial charge >= 0.3 is 0 Å². The molecule has 144 valence electrons. The van der Waals surface area contributed by atoms with Crippen LogP contribution >= 0.6 is 0 Å². The molecule has 1 amide bonds. The maximum absolute atomic E-state index is 12.9. The molecular formula is C21H27N3O3. The summed E-state index contributed by atoms with van der Waals surface area (Å²) in [6.45, 7) is 2.86. The largest absolute Gasteiger partial charge is 0.508 e. The summed E-state index contributed by atoms with van der Waals surface area (Å²) in [4.78, 5) is 24.4. The van der Waals surface area contributed by atoms with Crippen molar-refractivity contribution in [3.8, 4) is 5.75 Å². The van der Waals surface area contributed by atoms with Crippen LogP contribution in [0, 0.1) is 11.8 Å². The minimum atomic E-state index is -0.395. The Morgan fingerprint density at radius 3 is 2.89 bits per heavy atom. The van der Waals surface area contributed by atoms with Crippen LogP contribution in [-0.2, 0) is 21.5 Å². The fourth-order valence-corrected chi connectivity index (χ4v) is 5.71. The molecule has 1 aromatic carbocycles. The van der Waals surface area contributed by atoms with Crippen molar-refractivity contribution in [1.29, 1.82) is 0 Å². The second-order valence-electron chi connectivity index (χ2n) is 8.96. The highest BCUT2D eigenvalue weighted by Crippen LogP contribution is 2.53. The molecule has 2 aliphatic carbocycles. The third-order valence-electron chi connectivity index (χ3n) is 7.21. The predicted octanol–water partition coefficient (Wildman–Crippen LogP) is 1.70. The summed E-state index contributed by atoms with van der Waals surface area (Å²) in [5.74, 6) is 0.542. The molecule has 0 aromatic heterocycles. The third kappa shape index (κ3) is 2.77. The van der Waals surface area contributed by atoms with Crippen LogP contribution in [0.5, 0.6) is 5.75 Å². The van der Waals surface area contributed by atoms with Crippen LogP contribution < -0.4 is 5.73 Å². The molecule has 6 heteroatoms. The molecule has 2 heterocycles. The van der Waals surface area contributed by atoms with E-state index in [2.05, 4.69) is 10.0 Å². The normalized spacial score (nSPS) is 35.4. The number of phenolic OH excluding ortho intramolecular Hbond substituents is 1. The minimum absolute atomic E-state index is 0.148. The monoisotopic (exact) mass is 369 g/mol. The molecule has 3 unspecified atom stereocenters. The summed E-state index contributed by atoms with van der Waals surface area (Å²) in [6, 6.07) is 5.83. The standard InChI is InChI=1S/C21H27N3O3/c22-20(27)8-15-7-19-21(10-18(15)26)5-6-23(11-13-1-2-13)24(19)12-14-3-4-16(25)9-17(14)21/h3-4,9,13,15,19,25H,1-2,5-8,10-12H2,(H2,22,27)/t15?,19-,21?/m0/s1. The number of rotatable bonds is 4. The average molecular weight is 369 g/mol. The number of phenols is 1. The van der Waals surface area contributed by atoms with Crippen molar-refractivity contribution in [1.82, 2.24) is 10.0 Å². The van der Waals surface area contributed by atoms with E-state index in [0.29, 0.717) is 12.8 Å². The number of primary amides is 1. The molecule has 2 saturated carbocycles. The minimum Gasteiger partial charge on any atom is -0.508 e. The van der Waals surface area contributed by atoms with Gasteiger partial charge in [-0.05, 0) is 54.9 Å². The van der Waals surface area contributed by atoms with Gasteiger partial charge < -0.3 is 10.8 Å². The number of nitrogens with zero attached hydrogens (tertiary/aromatic N) is 2. The molecule has 2 aliphatic heterocycles. The van der Waals surface area contributed by atoms with Gasteiger partial charge in [0.2, 0.25) is 5.91 Å². The number of nitrogens with two attached hydrogens (primary N) is 1. The lowest BCUT2D eigenvalue weighted by Crippen LogP contribution is -2.68. The Bertz CT molecular complexity index is 806. The Kier molecular flexibility index (Phi) is 3.85. The van der Waals surface area contributed by atoms with Crippen LogP contribution in [0.4, 0.5) is 0 Å². The van der Waals surface area contributed by atoms with E-state index in [1.165, 1.54) is 18.4 Å². The van der Waals surface area contributed by atoms with Gasteiger partial charge in [-0.3, -0.25) is 9.59 Å². The van der Waals surface area contributed by atoms with Gasteiger partial charge in [0.25, 0.3) is 0 Å². The first-order valence-corrected chi connectivity index (χ1v) is 10.1. The second kappa shape index (κ2) is 6.04. The highest BCUT2D eigenvalue weighted by molar-refractivity contribution is 5.88. The zero-order valence-electron chi connectivity index (χ0n) is 15.6. The summed E-state index contributed by atoms with van der Waals surface area (Å²) >= 11 is 0. The van der Waals surface area contributed by atoms with E-state index in [0.717, 1.165) is 37.5 Å². The van der Waals surface area contributed by atoms with Gasteiger partial charge in [0.05, 0.1) is 0 Å². The summed E-state index contributed by atoms with van der Waals surface area (Å²) in [6.07, 6.45) is 4.82. The number of Topliss-reactive ketones (excluding diaryl/α,β-unsaturated/α-hetero) is 1. The first-order chi connectivity index (χ1) is 13.0. The van der Waals surface area contributed by atoms with E-state index in [-0.39, 0.29) is 35.3 Å². The van der Waals surface area contributed by atoms with Crippen LogP contribution in [0.15, 0.2) is 18.2 Å². The zero-order valence-corrected chi connectivity index (χ0v) is 15.6. The summed E-state index contributed by atoms with van der Waals surface area (Å²) in [5.41, 5.74) is 7.52. The Morgan fingerprint density at radius 1 is 1.33 bits per heavy atom. The molecule has 1 aromatic rings. The van der Waals surface area contributed by atoms with Crippen LogP contribution in [0.25, 0.3) is 0 Å². The third-order valence-corrected chi connectivity index (χ3v) is 7.21. The Hall–Kier alpha value is -1.92. The van der Waals surface area contributed by atoms with E-state index in [4.69, 9.17) is 5.73 Å². The SMILES string of the molecule is NC(=O)CC1C[C@@H]2N3Cc4ccc(O)cc4C2(CCN3CC2CC2)CC1=O. The molecule has 3 N–H and O–H groups in total. The lowest BCUT2D eigenvalue weighted by atomic mass is 9.57. The second-order valence-corrected chi connectivity index (χ2v) is 8.96. The highest BCUT2D eigenvalue weighted by atomic mass is 16.3. The summed E-state index contributed by atoms with van der Waals surface area (Å²) in [7, 11) is 0. The molecule has 5 rings (SSSR count). The Labute approximate surface area is 159 Å². The number of amides is 1. The molecule has 0 radical (unpaired) electrons. The van der Waals surface area contributed by atoms with Crippen molar-refractivity contribution in [2.24, 2.45) is 17.6 Å². The molecule has 2 bridgehead atoms. The fourth-order valence-electron chi connectivity index (χ4n) is 5.71. The van der Waals surface area contributed by atoms with Crippen LogP contribution in [0.1, 0.15) is 49.7 Å². The topological polar surface area (TPSA) is 86.9 Å². The quantitative estimate of drug-likeness (QED) is 0.844. The average Bonchev–Trinajstić information content (AvgIpc) is 3.42. The van der Waals surface area contributed by atoms with Gasteiger partial charge in [0.15, 0.2) is 0 Å².